The topological polar surface area (TPSA) is 42.1 Å². The summed E-state index contributed by atoms with van der Waals surface area (Å²) in [5, 5.41) is 12.5. The first-order valence-electron chi connectivity index (χ1n) is 16.5. The van der Waals surface area contributed by atoms with Gasteiger partial charge in [-0.2, -0.15) is 0 Å². The van der Waals surface area contributed by atoms with Gasteiger partial charge in [0, 0.05) is 32.8 Å². The number of hydrogen-bond acceptors (Lipinski definition) is 3. The van der Waals surface area contributed by atoms with Crippen LogP contribution in [0.4, 0.5) is 0 Å². The standard InChI is InChI=1S/C44H31N3O/c1-2-12-28(13-3-1)29-24-26-30(27-25-29)42-33-16-4-7-19-36(33)45-44(46-42)35-18-11-23-40-41(35)34-17-10-22-39(43(34)48-40)47-37-20-8-5-14-31(37)32-15-6-9-21-38(32)47/h1-27,36,44-46H. The van der Waals surface area contributed by atoms with Crippen LogP contribution in [0.25, 0.3) is 66.3 Å². The molecule has 2 unspecified atom stereocenters. The van der Waals surface area contributed by atoms with Gasteiger partial charge in [0.1, 0.15) is 11.7 Å². The molecule has 228 valence electrons. The van der Waals surface area contributed by atoms with Crippen LogP contribution >= 0.6 is 0 Å². The van der Waals surface area contributed by atoms with Crippen molar-refractivity contribution in [2.75, 3.05) is 0 Å². The predicted molar refractivity (Wildman–Crippen MR) is 198 cm³/mol. The van der Waals surface area contributed by atoms with Crippen molar-refractivity contribution in [3.63, 3.8) is 0 Å². The maximum absolute atomic E-state index is 6.80. The van der Waals surface area contributed by atoms with Crippen molar-refractivity contribution in [2.24, 2.45) is 0 Å². The summed E-state index contributed by atoms with van der Waals surface area (Å²) in [4.78, 5) is 0. The Bertz CT molecular complexity index is 2570. The number of nitrogens with zero attached hydrogens (tertiary/aromatic N) is 1. The number of para-hydroxylation sites is 3. The van der Waals surface area contributed by atoms with Gasteiger partial charge in [-0.15, -0.1) is 0 Å². The molecule has 8 aromatic rings. The van der Waals surface area contributed by atoms with Crippen LogP contribution in [-0.4, -0.2) is 10.6 Å². The van der Waals surface area contributed by atoms with Crippen LogP contribution < -0.4 is 10.6 Å². The van der Waals surface area contributed by atoms with Gasteiger partial charge in [-0.3, -0.25) is 5.32 Å². The molecular formula is C44H31N3O. The van der Waals surface area contributed by atoms with Gasteiger partial charge < -0.3 is 14.3 Å². The van der Waals surface area contributed by atoms with Crippen LogP contribution in [0, 0.1) is 0 Å². The van der Waals surface area contributed by atoms with Gasteiger partial charge in [0.2, 0.25) is 0 Å². The fourth-order valence-corrected chi connectivity index (χ4v) is 7.71. The van der Waals surface area contributed by atoms with Gasteiger partial charge in [0.05, 0.1) is 22.8 Å². The first-order valence-corrected chi connectivity index (χ1v) is 16.5. The lowest BCUT2D eigenvalue weighted by Gasteiger charge is -2.36. The number of allylic oxidation sites excluding steroid dienone is 2. The number of hydrogen-bond donors (Lipinski definition) is 2. The minimum absolute atomic E-state index is 0.0756. The molecule has 0 spiro atoms. The fourth-order valence-electron chi connectivity index (χ4n) is 7.71. The number of nitrogens with one attached hydrogen (secondary N) is 2. The summed E-state index contributed by atoms with van der Waals surface area (Å²) >= 11 is 0. The second-order valence-corrected chi connectivity index (χ2v) is 12.6. The fraction of sp³-hybridized carbons (Fsp3) is 0.0455. The number of fused-ring (bicyclic) bond motifs is 7. The van der Waals surface area contributed by atoms with Crippen LogP contribution in [0.2, 0.25) is 0 Å². The van der Waals surface area contributed by atoms with E-state index in [-0.39, 0.29) is 12.2 Å². The number of benzene rings is 6. The Kier molecular flexibility index (Phi) is 6.05. The van der Waals surface area contributed by atoms with Crippen molar-refractivity contribution >= 4 is 49.4 Å². The molecule has 0 amide bonds. The number of aromatic nitrogens is 1. The number of furan rings is 1. The molecule has 0 fully saturated rings. The molecule has 10 rings (SSSR count). The van der Waals surface area contributed by atoms with E-state index in [1.54, 1.807) is 0 Å². The van der Waals surface area contributed by atoms with Crippen molar-refractivity contribution < 1.29 is 4.42 Å². The Morgan fingerprint density at radius 1 is 0.562 bits per heavy atom. The van der Waals surface area contributed by atoms with Crippen molar-refractivity contribution in [3.05, 3.63) is 181 Å². The third-order valence-corrected chi connectivity index (χ3v) is 9.90. The lowest BCUT2D eigenvalue weighted by Crippen LogP contribution is -2.45. The van der Waals surface area contributed by atoms with Crippen molar-refractivity contribution in [1.82, 2.24) is 15.2 Å². The first kappa shape index (κ1) is 27.1. The van der Waals surface area contributed by atoms with Crippen LogP contribution in [0.1, 0.15) is 17.3 Å². The normalized spacial score (nSPS) is 17.4. The Morgan fingerprint density at radius 2 is 1.23 bits per heavy atom. The van der Waals surface area contributed by atoms with E-state index in [1.807, 2.05) is 0 Å². The zero-order chi connectivity index (χ0) is 31.6. The van der Waals surface area contributed by atoms with E-state index in [2.05, 4.69) is 179 Å². The maximum Gasteiger partial charge on any atom is 0.159 e. The lowest BCUT2D eigenvalue weighted by atomic mass is 9.91. The van der Waals surface area contributed by atoms with Gasteiger partial charge in [-0.25, -0.2) is 0 Å². The molecule has 1 aliphatic carbocycles. The van der Waals surface area contributed by atoms with Crippen LogP contribution in [0.5, 0.6) is 0 Å². The van der Waals surface area contributed by atoms with Crippen LogP contribution in [0.3, 0.4) is 0 Å². The van der Waals surface area contributed by atoms with E-state index in [0.29, 0.717) is 0 Å². The molecule has 0 bridgehead atoms. The Morgan fingerprint density at radius 3 is 2.02 bits per heavy atom. The highest BCUT2D eigenvalue weighted by atomic mass is 16.3. The average molecular weight is 618 g/mol. The molecule has 48 heavy (non-hydrogen) atoms. The molecule has 2 N–H and O–H groups in total. The van der Waals surface area contributed by atoms with Gasteiger partial charge in [-0.05, 0) is 46.5 Å². The van der Waals surface area contributed by atoms with Gasteiger partial charge in [-0.1, -0.05) is 140 Å². The summed E-state index contributed by atoms with van der Waals surface area (Å²) in [5.74, 6) is 0. The predicted octanol–water partition coefficient (Wildman–Crippen LogP) is 10.4. The van der Waals surface area contributed by atoms with E-state index in [4.69, 9.17) is 4.42 Å². The SMILES string of the molecule is C1=CC2=C(c3ccc(-c4ccccc4)cc3)NC(c3cccc4oc5c(-n6c7ccccc7c7ccccc76)cccc5c34)NC2C=C1. The maximum atomic E-state index is 6.80. The summed E-state index contributed by atoms with van der Waals surface area (Å²) in [6.07, 6.45) is 8.57. The highest BCUT2D eigenvalue weighted by Gasteiger charge is 2.30. The molecule has 6 aromatic carbocycles. The highest BCUT2D eigenvalue weighted by molar-refractivity contribution is 6.13. The molecule has 3 heterocycles. The molecule has 2 atom stereocenters. The van der Waals surface area contributed by atoms with Crippen molar-refractivity contribution in [1.29, 1.82) is 0 Å². The summed E-state index contributed by atoms with van der Waals surface area (Å²) in [7, 11) is 0. The zero-order valence-corrected chi connectivity index (χ0v) is 26.1. The van der Waals surface area contributed by atoms with E-state index in [1.165, 1.54) is 44.1 Å². The van der Waals surface area contributed by atoms with Gasteiger partial charge in [0.15, 0.2) is 5.58 Å². The van der Waals surface area contributed by atoms with Crippen molar-refractivity contribution in [3.8, 4) is 16.8 Å². The molecule has 0 saturated heterocycles. The molecule has 2 aromatic heterocycles. The minimum atomic E-state index is -0.139. The molecule has 4 heteroatoms. The second kappa shape index (κ2) is 10.7. The smallest absolute Gasteiger partial charge is 0.159 e. The minimum Gasteiger partial charge on any atom is -0.454 e. The van der Waals surface area contributed by atoms with Crippen LogP contribution in [-0.2, 0) is 0 Å². The zero-order valence-electron chi connectivity index (χ0n) is 26.1. The van der Waals surface area contributed by atoms with Crippen LogP contribution in [0.15, 0.2) is 174 Å². The largest absolute Gasteiger partial charge is 0.454 e. The summed E-state index contributed by atoms with van der Waals surface area (Å²) in [6.45, 7) is 0. The van der Waals surface area contributed by atoms with E-state index in [0.717, 1.165) is 38.9 Å². The molecular weight excluding hydrogens is 587 g/mol. The third kappa shape index (κ3) is 4.13. The van der Waals surface area contributed by atoms with E-state index < -0.39 is 0 Å². The molecule has 1 aliphatic heterocycles. The summed E-state index contributed by atoms with van der Waals surface area (Å²) < 4.78 is 9.14. The summed E-state index contributed by atoms with van der Waals surface area (Å²) in [6, 6.07) is 49.7. The Labute approximate surface area is 277 Å². The monoisotopic (exact) mass is 617 g/mol. The quantitative estimate of drug-likeness (QED) is 0.206. The Balaban J connectivity index is 1.11. The van der Waals surface area contributed by atoms with Gasteiger partial charge in [0.25, 0.3) is 0 Å². The highest BCUT2D eigenvalue weighted by Crippen LogP contribution is 2.41. The van der Waals surface area contributed by atoms with Gasteiger partial charge >= 0.3 is 0 Å². The molecule has 2 aliphatic rings. The lowest BCUT2D eigenvalue weighted by molar-refractivity contribution is 0.462. The first-order chi connectivity index (χ1) is 23.8. The van der Waals surface area contributed by atoms with Crippen molar-refractivity contribution in [2.45, 2.75) is 12.2 Å². The molecule has 4 nitrogen and oxygen atoms in total. The molecule has 0 saturated carbocycles. The average Bonchev–Trinajstić information content (AvgIpc) is 3.71. The third-order valence-electron chi connectivity index (χ3n) is 9.90. The number of rotatable bonds is 4. The Hall–Kier alpha value is -6.10. The second-order valence-electron chi connectivity index (χ2n) is 12.6. The molecule has 0 radical (unpaired) electrons. The van der Waals surface area contributed by atoms with E-state index >= 15 is 0 Å². The van der Waals surface area contributed by atoms with E-state index in [9.17, 15) is 0 Å². The summed E-state index contributed by atoms with van der Waals surface area (Å²) in [5.41, 5.74) is 12.3.